The fraction of sp³-hybridized carbons (Fsp3) is 0.300. The maximum atomic E-state index is 12.1. The van der Waals surface area contributed by atoms with Crippen molar-refractivity contribution < 1.29 is 19.4 Å². The number of hydrogen-bond acceptors (Lipinski definition) is 4. The van der Waals surface area contributed by atoms with E-state index in [0.717, 1.165) is 11.3 Å². The Morgan fingerprint density at radius 3 is 2.44 bits per heavy atom. The smallest absolute Gasteiger partial charge is 0.313 e. The van der Waals surface area contributed by atoms with Gasteiger partial charge < -0.3 is 20.5 Å². The molecule has 27 heavy (non-hydrogen) atoms. The summed E-state index contributed by atoms with van der Waals surface area (Å²) in [6.07, 6.45) is 0.312. The molecule has 2 aromatic rings. The molecular weight excluding hydrogens is 368 g/mol. The van der Waals surface area contributed by atoms with Gasteiger partial charge in [0.25, 0.3) is 0 Å². The highest BCUT2D eigenvalue weighted by molar-refractivity contribution is 6.40. The number of ether oxygens (including phenoxy) is 1. The van der Waals surface area contributed by atoms with Gasteiger partial charge in [-0.15, -0.1) is 0 Å². The Kier molecular flexibility index (Phi) is 6.82. The lowest BCUT2D eigenvalue weighted by Gasteiger charge is -2.23. The number of carbonyl (C=O) groups is 2. The minimum absolute atomic E-state index is 0.0696. The number of aliphatic hydroxyl groups is 1. The van der Waals surface area contributed by atoms with E-state index in [4.69, 9.17) is 16.3 Å². The number of benzene rings is 2. The summed E-state index contributed by atoms with van der Waals surface area (Å²) in [5.74, 6) is -0.926. The van der Waals surface area contributed by atoms with Crippen LogP contribution in [0, 0.1) is 6.92 Å². The maximum absolute atomic E-state index is 12.1. The molecule has 2 amide bonds. The van der Waals surface area contributed by atoms with Gasteiger partial charge in [0.1, 0.15) is 5.75 Å². The summed E-state index contributed by atoms with van der Waals surface area (Å²) in [7, 11) is 1.58. The molecule has 2 rings (SSSR count). The lowest BCUT2D eigenvalue weighted by atomic mass is 9.96. The predicted octanol–water partition coefficient (Wildman–Crippen LogP) is 2.71. The van der Waals surface area contributed by atoms with Gasteiger partial charge in [0.2, 0.25) is 0 Å². The molecular formula is C20H23ClN2O4. The first kappa shape index (κ1) is 20.7. The monoisotopic (exact) mass is 390 g/mol. The van der Waals surface area contributed by atoms with Gasteiger partial charge in [0.05, 0.1) is 12.7 Å². The average Bonchev–Trinajstić information content (AvgIpc) is 2.64. The highest BCUT2D eigenvalue weighted by Gasteiger charge is 2.24. The zero-order valence-electron chi connectivity index (χ0n) is 15.5. The van der Waals surface area contributed by atoms with Crippen molar-refractivity contribution in [1.82, 2.24) is 5.32 Å². The Bertz CT molecular complexity index is 819. The van der Waals surface area contributed by atoms with Crippen LogP contribution in [0.25, 0.3) is 0 Å². The molecule has 1 atom stereocenters. The summed E-state index contributed by atoms with van der Waals surface area (Å²) in [4.78, 5) is 24.1. The first-order chi connectivity index (χ1) is 12.7. The van der Waals surface area contributed by atoms with E-state index in [1.54, 1.807) is 51.3 Å². The fourth-order valence-corrected chi connectivity index (χ4v) is 2.69. The van der Waals surface area contributed by atoms with Crippen molar-refractivity contribution >= 4 is 29.1 Å². The standard InChI is InChI=1S/C20H23ClN2O4/c1-13-16(21)5-4-6-17(13)23-19(25)18(24)22-12-20(2,26)11-14-7-9-15(27-3)10-8-14/h4-10,26H,11-12H2,1-3H3,(H,22,24)(H,23,25). The summed E-state index contributed by atoms with van der Waals surface area (Å²) < 4.78 is 5.10. The van der Waals surface area contributed by atoms with Crippen molar-refractivity contribution in [3.63, 3.8) is 0 Å². The second kappa shape index (κ2) is 8.88. The molecule has 144 valence electrons. The van der Waals surface area contributed by atoms with Gasteiger partial charge in [0.15, 0.2) is 0 Å². The molecule has 0 aliphatic heterocycles. The number of rotatable bonds is 6. The molecule has 0 spiro atoms. The Hall–Kier alpha value is -2.57. The van der Waals surface area contributed by atoms with E-state index in [9.17, 15) is 14.7 Å². The van der Waals surface area contributed by atoms with Crippen LogP contribution in [0.1, 0.15) is 18.1 Å². The third-order valence-corrected chi connectivity index (χ3v) is 4.51. The van der Waals surface area contributed by atoms with Crippen molar-refractivity contribution in [2.24, 2.45) is 0 Å². The molecule has 6 nitrogen and oxygen atoms in total. The Morgan fingerprint density at radius 2 is 1.81 bits per heavy atom. The summed E-state index contributed by atoms with van der Waals surface area (Å²) in [5, 5.41) is 16.0. The molecule has 3 N–H and O–H groups in total. The molecule has 1 unspecified atom stereocenters. The van der Waals surface area contributed by atoms with Crippen LogP contribution in [0.15, 0.2) is 42.5 Å². The molecule has 2 aromatic carbocycles. The molecule has 0 bridgehead atoms. The predicted molar refractivity (Wildman–Crippen MR) is 105 cm³/mol. The minimum Gasteiger partial charge on any atom is -0.497 e. The number of carbonyl (C=O) groups excluding carboxylic acids is 2. The van der Waals surface area contributed by atoms with Crippen molar-refractivity contribution in [1.29, 1.82) is 0 Å². The number of halogens is 1. The van der Waals surface area contributed by atoms with E-state index < -0.39 is 17.4 Å². The van der Waals surface area contributed by atoms with Gasteiger partial charge in [-0.1, -0.05) is 29.8 Å². The van der Waals surface area contributed by atoms with Crippen molar-refractivity contribution in [2.75, 3.05) is 19.0 Å². The molecule has 7 heteroatoms. The van der Waals surface area contributed by atoms with E-state index in [0.29, 0.717) is 22.7 Å². The summed E-state index contributed by atoms with van der Waals surface area (Å²) in [6, 6.07) is 12.3. The van der Waals surface area contributed by atoms with E-state index in [-0.39, 0.29) is 6.54 Å². The third-order valence-electron chi connectivity index (χ3n) is 4.10. The highest BCUT2D eigenvalue weighted by Crippen LogP contribution is 2.22. The van der Waals surface area contributed by atoms with Gasteiger partial charge in [-0.25, -0.2) is 0 Å². The molecule has 0 saturated heterocycles. The van der Waals surface area contributed by atoms with E-state index in [2.05, 4.69) is 10.6 Å². The van der Waals surface area contributed by atoms with Crippen LogP contribution in [0.2, 0.25) is 5.02 Å². The van der Waals surface area contributed by atoms with Crippen LogP contribution in [-0.4, -0.2) is 36.2 Å². The lowest BCUT2D eigenvalue weighted by molar-refractivity contribution is -0.136. The number of amides is 2. The van der Waals surface area contributed by atoms with Crippen LogP contribution in [0.4, 0.5) is 5.69 Å². The second-order valence-corrected chi connectivity index (χ2v) is 6.98. The molecule has 0 aliphatic carbocycles. The second-order valence-electron chi connectivity index (χ2n) is 6.57. The summed E-state index contributed by atoms with van der Waals surface area (Å²) in [5.41, 5.74) is 0.810. The topological polar surface area (TPSA) is 87.7 Å². The minimum atomic E-state index is -1.21. The van der Waals surface area contributed by atoms with Crippen LogP contribution in [-0.2, 0) is 16.0 Å². The van der Waals surface area contributed by atoms with E-state index in [1.807, 2.05) is 12.1 Å². The number of anilines is 1. The first-order valence-corrected chi connectivity index (χ1v) is 8.79. The van der Waals surface area contributed by atoms with E-state index >= 15 is 0 Å². The average molecular weight is 391 g/mol. The zero-order valence-corrected chi connectivity index (χ0v) is 16.3. The quantitative estimate of drug-likeness (QED) is 0.662. The first-order valence-electron chi connectivity index (χ1n) is 8.41. The Labute approximate surface area is 163 Å². The fourth-order valence-electron chi connectivity index (χ4n) is 2.52. The van der Waals surface area contributed by atoms with E-state index in [1.165, 1.54) is 0 Å². The normalized spacial score (nSPS) is 12.8. The molecule has 0 aliphatic rings. The van der Waals surface area contributed by atoms with Crippen LogP contribution in [0.3, 0.4) is 0 Å². The molecule has 0 fully saturated rings. The van der Waals surface area contributed by atoms with Crippen molar-refractivity contribution in [2.45, 2.75) is 25.9 Å². The van der Waals surface area contributed by atoms with Crippen molar-refractivity contribution in [3.05, 3.63) is 58.6 Å². The molecule has 0 radical (unpaired) electrons. The number of hydrogen-bond donors (Lipinski definition) is 3. The lowest BCUT2D eigenvalue weighted by Crippen LogP contribution is -2.45. The van der Waals surface area contributed by atoms with Gasteiger partial charge >= 0.3 is 11.8 Å². The van der Waals surface area contributed by atoms with Gasteiger partial charge in [0, 0.05) is 23.7 Å². The zero-order chi connectivity index (χ0) is 20.0. The Balaban J connectivity index is 1.90. The molecule has 0 heterocycles. The number of nitrogens with one attached hydrogen (secondary N) is 2. The molecule has 0 aromatic heterocycles. The summed E-state index contributed by atoms with van der Waals surface area (Å²) in [6.45, 7) is 3.27. The van der Waals surface area contributed by atoms with Gasteiger partial charge in [-0.2, -0.15) is 0 Å². The molecule has 0 saturated carbocycles. The Morgan fingerprint density at radius 1 is 1.15 bits per heavy atom. The van der Waals surface area contributed by atoms with Crippen molar-refractivity contribution in [3.8, 4) is 5.75 Å². The third kappa shape index (κ3) is 5.98. The van der Waals surface area contributed by atoms with Crippen LogP contribution >= 0.6 is 11.6 Å². The largest absolute Gasteiger partial charge is 0.497 e. The number of methoxy groups -OCH3 is 1. The van der Waals surface area contributed by atoms with Crippen LogP contribution in [0.5, 0.6) is 5.75 Å². The van der Waals surface area contributed by atoms with Gasteiger partial charge in [-0.3, -0.25) is 9.59 Å². The maximum Gasteiger partial charge on any atom is 0.313 e. The van der Waals surface area contributed by atoms with Crippen LogP contribution < -0.4 is 15.4 Å². The SMILES string of the molecule is COc1ccc(CC(C)(O)CNC(=O)C(=O)Nc2cccc(Cl)c2C)cc1. The van der Waals surface area contributed by atoms with Gasteiger partial charge in [-0.05, 0) is 49.2 Å². The highest BCUT2D eigenvalue weighted by atomic mass is 35.5. The summed E-state index contributed by atoms with van der Waals surface area (Å²) >= 11 is 6.00.